The van der Waals surface area contributed by atoms with Crippen LogP contribution in [0.3, 0.4) is 0 Å². The number of rotatable bonds is 2. The second-order valence-corrected chi connectivity index (χ2v) is 3.16. The average molecular weight is 162 g/mol. The predicted molar refractivity (Wildman–Crippen MR) is 39.6 cm³/mol. The quantitative estimate of drug-likeness (QED) is 0.458. The highest BCUT2D eigenvalue weighted by atomic mass is 31.2. The Morgan fingerprint density at radius 3 is 2.70 bits per heavy atom. The first-order chi connectivity index (χ1) is 4.83. The highest BCUT2D eigenvalue weighted by Crippen LogP contribution is 2.42. The van der Waals surface area contributed by atoms with Gasteiger partial charge >= 0.3 is 8.60 Å². The molecule has 0 unspecified atom stereocenters. The van der Waals surface area contributed by atoms with Gasteiger partial charge in [-0.25, -0.2) is 0 Å². The van der Waals surface area contributed by atoms with Crippen LogP contribution < -0.4 is 0 Å². The van der Waals surface area contributed by atoms with Crippen molar-refractivity contribution in [1.29, 1.82) is 0 Å². The Morgan fingerprint density at radius 1 is 1.60 bits per heavy atom. The molecule has 0 aromatic rings. The molecule has 10 heavy (non-hydrogen) atoms. The van der Waals surface area contributed by atoms with Crippen LogP contribution in [0.5, 0.6) is 0 Å². The van der Waals surface area contributed by atoms with Crippen LogP contribution in [0, 0.1) is 0 Å². The Balaban J connectivity index is 2.19. The van der Waals surface area contributed by atoms with Gasteiger partial charge in [0.05, 0.1) is 19.8 Å². The summed E-state index contributed by atoms with van der Waals surface area (Å²) in [6.45, 7) is 7.42. The van der Waals surface area contributed by atoms with Gasteiger partial charge in [0.25, 0.3) is 0 Å². The minimum atomic E-state index is -1.06. The minimum Gasteiger partial charge on any atom is -0.313 e. The molecule has 0 aromatic heterocycles. The van der Waals surface area contributed by atoms with Crippen molar-refractivity contribution >= 4 is 8.60 Å². The third kappa shape index (κ3) is 2.35. The van der Waals surface area contributed by atoms with E-state index in [1.807, 2.05) is 6.92 Å². The normalized spacial score (nSPS) is 21.5. The topological polar surface area (TPSA) is 27.7 Å². The fraction of sp³-hybridized carbons (Fsp3) is 0.667. The zero-order valence-electron chi connectivity index (χ0n) is 6.00. The number of hydrogen-bond donors (Lipinski definition) is 0. The van der Waals surface area contributed by atoms with Gasteiger partial charge in [-0.1, -0.05) is 6.58 Å². The zero-order chi connectivity index (χ0) is 7.40. The summed E-state index contributed by atoms with van der Waals surface area (Å²) < 4.78 is 15.4. The highest BCUT2D eigenvalue weighted by Gasteiger charge is 2.17. The second-order valence-electron chi connectivity index (χ2n) is 1.94. The molecule has 0 saturated carbocycles. The Hall–Kier alpha value is 0.0500. The smallest absolute Gasteiger partial charge is 0.313 e. The fourth-order valence-electron chi connectivity index (χ4n) is 0.547. The first kappa shape index (κ1) is 8.15. The SMILES string of the molecule is C=C1COP(OCC)OC1. The molecular formula is C6H11O3P. The van der Waals surface area contributed by atoms with Crippen molar-refractivity contribution in [2.45, 2.75) is 6.92 Å². The van der Waals surface area contributed by atoms with E-state index < -0.39 is 8.60 Å². The van der Waals surface area contributed by atoms with Crippen LogP contribution in [0.25, 0.3) is 0 Å². The van der Waals surface area contributed by atoms with E-state index >= 15 is 0 Å². The van der Waals surface area contributed by atoms with Gasteiger partial charge in [0.15, 0.2) is 0 Å². The van der Waals surface area contributed by atoms with E-state index in [0.717, 1.165) is 5.57 Å². The van der Waals surface area contributed by atoms with Gasteiger partial charge in [0, 0.05) is 0 Å². The van der Waals surface area contributed by atoms with Crippen LogP contribution in [0.2, 0.25) is 0 Å². The third-order valence-electron chi connectivity index (χ3n) is 0.983. The maximum atomic E-state index is 5.15. The Morgan fingerprint density at radius 2 is 2.20 bits per heavy atom. The van der Waals surface area contributed by atoms with Crippen molar-refractivity contribution in [1.82, 2.24) is 0 Å². The summed E-state index contributed by atoms with van der Waals surface area (Å²) in [5, 5.41) is 0. The zero-order valence-corrected chi connectivity index (χ0v) is 6.89. The van der Waals surface area contributed by atoms with Crippen molar-refractivity contribution in [3.8, 4) is 0 Å². The van der Waals surface area contributed by atoms with Crippen LogP contribution in [0.15, 0.2) is 12.2 Å². The standard InChI is InChI=1S/C6H11O3P/c1-3-7-10-8-4-6(2)5-9-10/h2-5H2,1H3. The lowest BCUT2D eigenvalue weighted by atomic mass is 10.4. The molecule has 0 bridgehead atoms. The number of hydrogen-bond acceptors (Lipinski definition) is 3. The molecule has 4 heteroatoms. The lowest BCUT2D eigenvalue weighted by molar-refractivity contribution is 0.152. The van der Waals surface area contributed by atoms with Gasteiger partial charge in [-0.05, 0) is 12.5 Å². The molecule has 58 valence electrons. The van der Waals surface area contributed by atoms with E-state index in [4.69, 9.17) is 13.6 Å². The monoisotopic (exact) mass is 162 g/mol. The largest absolute Gasteiger partial charge is 0.333 e. The maximum Gasteiger partial charge on any atom is 0.333 e. The third-order valence-corrected chi connectivity index (χ3v) is 2.13. The molecule has 1 saturated heterocycles. The lowest BCUT2D eigenvalue weighted by Gasteiger charge is -2.21. The molecule has 0 radical (unpaired) electrons. The van der Waals surface area contributed by atoms with Gasteiger partial charge in [-0.3, -0.25) is 0 Å². The van der Waals surface area contributed by atoms with Crippen LogP contribution in [-0.4, -0.2) is 19.8 Å². The van der Waals surface area contributed by atoms with E-state index in [0.29, 0.717) is 19.8 Å². The van der Waals surface area contributed by atoms with Crippen molar-refractivity contribution in [3.63, 3.8) is 0 Å². The van der Waals surface area contributed by atoms with E-state index in [1.165, 1.54) is 0 Å². The summed E-state index contributed by atoms with van der Waals surface area (Å²) in [5.41, 5.74) is 0.971. The van der Waals surface area contributed by atoms with E-state index in [2.05, 4.69) is 6.58 Å². The Kier molecular flexibility index (Phi) is 3.29. The summed E-state index contributed by atoms with van der Waals surface area (Å²) in [6.07, 6.45) is 0. The summed E-state index contributed by atoms with van der Waals surface area (Å²) in [4.78, 5) is 0. The van der Waals surface area contributed by atoms with Crippen LogP contribution in [0.4, 0.5) is 0 Å². The summed E-state index contributed by atoms with van der Waals surface area (Å²) in [7, 11) is -1.06. The van der Waals surface area contributed by atoms with Crippen molar-refractivity contribution < 1.29 is 13.6 Å². The van der Waals surface area contributed by atoms with Gasteiger partial charge in [0.1, 0.15) is 0 Å². The van der Waals surface area contributed by atoms with E-state index in [-0.39, 0.29) is 0 Å². The molecule has 0 atom stereocenters. The van der Waals surface area contributed by atoms with Gasteiger partial charge in [0.2, 0.25) is 0 Å². The first-order valence-electron chi connectivity index (χ1n) is 3.18. The molecular weight excluding hydrogens is 151 g/mol. The molecule has 1 aliphatic rings. The molecule has 0 N–H and O–H groups in total. The molecule has 1 aliphatic heterocycles. The Labute approximate surface area is 62.0 Å². The van der Waals surface area contributed by atoms with Crippen molar-refractivity contribution in [2.75, 3.05) is 19.8 Å². The van der Waals surface area contributed by atoms with Crippen LogP contribution >= 0.6 is 8.60 Å². The molecule has 0 amide bonds. The lowest BCUT2D eigenvalue weighted by Crippen LogP contribution is -2.09. The molecule has 0 aliphatic carbocycles. The van der Waals surface area contributed by atoms with Gasteiger partial charge in [-0.2, -0.15) is 0 Å². The van der Waals surface area contributed by atoms with E-state index in [1.54, 1.807) is 0 Å². The van der Waals surface area contributed by atoms with Crippen molar-refractivity contribution in [3.05, 3.63) is 12.2 Å². The maximum absolute atomic E-state index is 5.15. The summed E-state index contributed by atoms with van der Waals surface area (Å²) in [5.74, 6) is 0. The average Bonchev–Trinajstić information content (AvgIpc) is 1.95. The van der Waals surface area contributed by atoms with Crippen molar-refractivity contribution in [2.24, 2.45) is 0 Å². The molecule has 1 fully saturated rings. The predicted octanol–water partition coefficient (Wildman–Crippen LogP) is 1.85. The first-order valence-corrected chi connectivity index (χ1v) is 4.28. The van der Waals surface area contributed by atoms with Crippen LogP contribution in [-0.2, 0) is 13.6 Å². The molecule has 3 nitrogen and oxygen atoms in total. The summed E-state index contributed by atoms with van der Waals surface area (Å²) >= 11 is 0. The van der Waals surface area contributed by atoms with E-state index in [9.17, 15) is 0 Å². The summed E-state index contributed by atoms with van der Waals surface area (Å²) in [6, 6.07) is 0. The molecule has 1 rings (SSSR count). The fourth-order valence-corrected chi connectivity index (χ4v) is 1.56. The molecule has 1 heterocycles. The van der Waals surface area contributed by atoms with Crippen LogP contribution in [0.1, 0.15) is 6.92 Å². The molecule has 0 spiro atoms. The Bertz CT molecular complexity index is 116. The van der Waals surface area contributed by atoms with Gasteiger partial charge < -0.3 is 13.6 Å². The minimum absolute atomic E-state index is 0.575. The van der Waals surface area contributed by atoms with Gasteiger partial charge in [-0.15, -0.1) is 0 Å². The second kappa shape index (κ2) is 4.04. The highest BCUT2D eigenvalue weighted by molar-refractivity contribution is 7.41. The molecule has 0 aromatic carbocycles.